The molecule has 3 nitrogen and oxygen atoms in total. The van der Waals surface area contributed by atoms with Crippen LogP contribution in [0.5, 0.6) is 0 Å². The second-order valence-corrected chi connectivity index (χ2v) is 2.95. The molecule has 0 N–H and O–H groups in total. The van der Waals surface area contributed by atoms with E-state index in [-0.39, 0.29) is 0 Å². The summed E-state index contributed by atoms with van der Waals surface area (Å²) in [5.74, 6) is 0. The summed E-state index contributed by atoms with van der Waals surface area (Å²) in [5, 5.41) is 4.32. The first-order chi connectivity index (χ1) is 6.75. The Bertz CT molecular complexity index is 230. The lowest BCUT2D eigenvalue weighted by molar-refractivity contribution is 0.346. The average molecular weight is 197 g/mol. The topological polar surface area (TPSA) is 21.1 Å². The van der Waals surface area contributed by atoms with Crippen molar-refractivity contribution in [1.82, 2.24) is 14.7 Å². The van der Waals surface area contributed by atoms with Gasteiger partial charge in [0.05, 0.1) is 5.69 Å². The van der Waals surface area contributed by atoms with Crippen molar-refractivity contribution in [3.05, 3.63) is 17.5 Å². The molecule has 1 aliphatic heterocycles. The Hall–Kier alpha value is -0.830. The first-order valence-electron chi connectivity index (χ1n) is 5.45. The van der Waals surface area contributed by atoms with Crippen molar-refractivity contribution in [2.24, 2.45) is 7.05 Å². The minimum Gasteiger partial charge on any atom is -0.296 e. The first-order valence-corrected chi connectivity index (χ1v) is 5.45. The summed E-state index contributed by atoms with van der Waals surface area (Å²) in [6.45, 7) is 10.1. The van der Waals surface area contributed by atoms with E-state index in [0.29, 0.717) is 0 Å². The van der Waals surface area contributed by atoms with E-state index in [1.807, 2.05) is 39.4 Å². The van der Waals surface area contributed by atoms with Crippen LogP contribution in [-0.2, 0) is 20.1 Å². The van der Waals surface area contributed by atoms with Gasteiger partial charge in [0.2, 0.25) is 0 Å². The summed E-state index contributed by atoms with van der Waals surface area (Å²) in [6, 6.07) is 0. The molecule has 0 aromatic carbocycles. The molecule has 0 saturated carbocycles. The van der Waals surface area contributed by atoms with Gasteiger partial charge in [-0.3, -0.25) is 9.58 Å². The summed E-state index contributed by atoms with van der Waals surface area (Å²) in [5.41, 5.74) is 2.62. The largest absolute Gasteiger partial charge is 0.296 e. The molecule has 0 bridgehead atoms. The predicted molar refractivity (Wildman–Crippen MR) is 61.1 cm³/mol. The highest BCUT2D eigenvalue weighted by Gasteiger charge is 2.17. The van der Waals surface area contributed by atoms with E-state index in [0.717, 1.165) is 13.1 Å². The summed E-state index contributed by atoms with van der Waals surface area (Å²) in [4.78, 5) is 2.26. The van der Waals surface area contributed by atoms with Gasteiger partial charge in [0.1, 0.15) is 0 Å². The number of fused-ring (bicyclic) bond motifs is 1. The van der Waals surface area contributed by atoms with Crippen molar-refractivity contribution in [2.45, 2.75) is 40.8 Å². The van der Waals surface area contributed by atoms with E-state index in [4.69, 9.17) is 0 Å². The van der Waals surface area contributed by atoms with Crippen LogP contribution >= 0.6 is 0 Å². The molecule has 0 radical (unpaired) electrons. The highest BCUT2D eigenvalue weighted by Crippen LogP contribution is 2.18. The lowest BCUT2D eigenvalue weighted by Gasteiger charge is -2.03. The second-order valence-electron chi connectivity index (χ2n) is 2.95. The van der Waals surface area contributed by atoms with Crippen molar-refractivity contribution in [2.75, 3.05) is 7.05 Å². The van der Waals surface area contributed by atoms with Crippen LogP contribution in [0.15, 0.2) is 6.20 Å². The Morgan fingerprint density at radius 1 is 1.07 bits per heavy atom. The van der Waals surface area contributed by atoms with Crippen molar-refractivity contribution in [3.63, 3.8) is 0 Å². The Labute approximate surface area is 87.7 Å². The number of nitrogens with zero attached hydrogens (tertiary/aromatic N) is 3. The maximum Gasteiger partial charge on any atom is 0.0809 e. The van der Waals surface area contributed by atoms with Gasteiger partial charge in [-0.1, -0.05) is 27.7 Å². The van der Waals surface area contributed by atoms with Gasteiger partial charge in [0.15, 0.2) is 0 Å². The van der Waals surface area contributed by atoms with E-state index < -0.39 is 0 Å². The summed E-state index contributed by atoms with van der Waals surface area (Å²) >= 11 is 0. The van der Waals surface area contributed by atoms with Crippen molar-refractivity contribution in [1.29, 1.82) is 0 Å². The molecule has 0 fully saturated rings. The van der Waals surface area contributed by atoms with E-state index in [9.17, 15) is 0 Å². The zero-order valence-corrected chi connectivity index (χ0v) is 10.3. The maximum absolute atomic E-state index is 4.32. The first kappa shape index (κ1) is 13.2. The molecular formula is C11H23N3. The molecule has 3 heteroatoms. The quantitative estimate of drug-likeness (QED) is 0.637. The maximum atomic E-state index is 4.32. The van der Waals surface area contributed by atoms with Gasteiger partial charge in [0, 0.05) is 31.9 Å². The number of rotatable bonds is 0. The smallest absolute Gasteiger partial charge is 0.0809 e. The third kappa shape index (κ3) is 3.14. The molecule has 2 heterocycles. The van der Waals surface area contributed by atoms with Gasteiger partial charge in [-0.2, -0.15) is 5.10 Å². The summed E-state index contributed by atoms with van der Waals surface area (Å²) < 4.78 is 1.89. The molecule has 0 aliphatic carbocycles. The van der Waals surface area contributed by atoms with Crippen LogP contribution in [0.4, 0.5) is 0 Å². The molecule has 1 aliphatic rings. The molecule has 0 saturated heterocycles. The standard InChI is InChI=1S/C7H11N3.2C2H6/c1-9-3-6-4-10(2)8-7(6)5-9;2*1-2/h4H,3,5H2,1-2H3;2*1-2H3. The van der Waals surface area contributed by atoms with Crippen LogP contribution in [-0.4, -0.2) is 21.7 Å². The predicted octanol–water partition coefficient (Wildman–Crippen LogP) is 2.42. The minimum atomic E-state index is 1.01. The van der Waals surface area contributed by atoms with Gasteiger partial charge in [0.25, 0.3) is 0 Å². The minimum absolute atomic E-state index is 1.01. The SMILES string of the molecule is CC.CC.CN1Cc2cn(C)nc2C1. The zero-order chi connectivity index (χ0) is 11.1. The lowest BCUT2D eigenvalue weighted by Crippen LogP contribution is -2.09. The van der Waals surface area contributed by atoms with E-state index in [1.54, 1.807) is 0 Å². The van der Waals surface area contributed by atoms with Gasteiger partial charge < -0.3 is 0 Å². The van der Waals surface area contributed by atoms with Crippen LogP contribution < -0.4 is 0 Å². The van der Waals surface area contributed by atoms with Gasteiger partial charge in [-0.05, 0) is 7.05 Å². The molecule has 1 aromatic heterocycles. The number of hydrogen-bond donors (Lipinski definition) is 0. The van der Waals surface area contributed by atoms with Crippen LogP contribution in [0, 0.1) is 0 Å². The highest BCUT2D eigenvalue weighted by atomic mass is 15.3. The molecule has 2 rings (SSSR count). The third-order valence-corrected chi connectivity index (χ3v) is 1.85. The highest BCUT2D eigenvalue weighted by molar-refractivity contribution is 5.20. The molecule has 1 aromatic rings. The second kappa shape index (κ2) is 6.60. The Morgan fingerprint density at radius 3 is 2.14 bits per heavy atom. The third-order valence-electron chi connectivity index (χ3n) is 1.85. The normalized spacial score (nSPS) is 13.6. The lowest BCUT2D eigenvalue weighted by atomic mass is 10.3. The van der Waals surface area contributed by atoms with Gasteiger partial charge in [-0.25, -0.2) is 0 Å². The fourth-order valence-electron chi connectivity index (χ4n) is 1.45. The van der Waals surface area contributed by atoms with Crippen molar-refractivity contribution < 1.29 is 0 Å². The Morgan fingerprint density at radius 2 is 1.64 bits per heavy atom. The summed E-state index contributed by atoms with van der Waals surface area (Å²) in [6.07, 6.45) is 2.10. The molecular weight excluding hydrogens is 174 g/mol. The van der Waals surface area contributed by atoms with E-state index in [2.05, 4.69) is 23.2 Å². The van der Waals surface area contributed by atoms with Crippen LogP contribution in [0.1, 0.15) is 39.0 Å². The van der Waals surface area contributed by atoms with E-state index >= 15 is 0 Å². The molecule has 14 heavy (non-hydrogen) atoms. The van der Waals surface area contributed by atoms with Crippen molar-refractivity contribution in [3.8, 4) is 0 Å². The Kier molecular flexibility index (Phi) is 6.21. The molecule has 82 valence electrons. The number of aromatic nitrogens is 2. The monoisotopic (exact) mass is 197 g/mol. The summed E-state index contributed by atoms with van der Waals surface area (Å²) in [7, 11) is 4.08. The number of aryl methyl sites for hydroxylation is 1. The zero-order valence-electron chi connectivity index (χ0n) is 10.3. The number of hydrogen-bond acceptors (Lipinski definition) is 2. The fraction of sp³-hybridized carbons (Fsp3) is 0.727. The average Bonchev–Trinajstić information content (AvgIpc) is 2.67. The molecule has 0 unspecified atom stereocenters. The Balaban J connectivity index is 0.000000379. The molecule has 0 spiro atoms. The van der Waals surface area contributed by atoms with Crippen LogP contribution in [0.2, 0.25) is 0 Å². The van der Waals surface area contributed by atoms with E-state index in [1.165, 1.54) is 11.3 Å². The van der Waals surface area contributed by atoms with Crippen LogP contribution in [0.25, 0.3) is 0 Å². The van der Waals surface area contributed by atoms with Crippen LogP contribution in [0.3, 0.4) is 0 Å². The fourth-order valence-corrected chi connectivity index (χ4v) is 1.45. The van der Waals surface area contributed by atoms with Gasteiger partial charge in [-0.15, -0.1) is 0 Å². The van der Waals surface area contributed by atoms with Crippen molar-refractivity contribution >= 4 is 0 Å². The van der Waals surface area contributed by atoms with Gasteiger partial charge >= 0.3 is 0 Å². The molecule has 0 atom stereocenters. The molecule has 0 amide bonds.